The highest BCUT2D eigenvalue weighted by Gasteiger charge is 2.45. The van der Waals surface area contributed by atoms with Crippen LogP contribution in [-0.2, 0) is 9.53 Å². The summed E-state index contributed by atoms with van der Waals surface area (Å²) in [6, 6.07) is 11.6. The minimum absolute atomic E-state index is 0.0121. The number of aliphatic carboxylic acids is 1. The molecule has 0 aromatic heterocycles. The molecule has 178 valence electrons. The lowest BCUT2D eigenvalue weighted by molar-refractivity contribution is -0.277. The molecule has 0 aliphatic carbocycles. The first-order valence-corrected chi connectivity index (χ1v) is 10.0. The Labute approximate surface area is 189 Å². The fourth-order valence-corrected chi connectivity index (χ4v) is 3.43. The Morgan fingerprint density at radius 2 is 1.61 bits per heavy atom. The molecular formula is C23H26O10. The molecule has 10 heteroatoms. The summed E-state index contributed by atoms with van der Waals surface area (Å²) in [5.41, 5.74) is 0.984. The molecule has 0 spiro atoms. The number of carboxylic acid groups (broad SMARTS) is 1. The number of hydrogen-bond donors (Lipinski definition) is 5. The lowest BCUT2D eigenvalue weighted by Crippen LogP contribution is -2.60. The van der Waals surface area contributed by atoms with Crippen LogP contribution in [0.5, 0.6) is 17.2 Å². The maximum Gasteiger partial charge on any atom is 0.336 e. The smallest absolute Gasteiger partial charge is 0.336 e. The van der Waals surface area contributed by atoms with Crippen LogP contribution in [0.25, 0.3) is 11.6 Å². The molecule has 0 saturated carbocycles. The van der Waals surface area contributed by atoms with E-state index in [-0.39, 0.29) is 22.8 Å². The van der Waals surface area contributed by atoms with Crippen molar-refractivity contribution in [3.05, 3.63) is 53.6 Å². The summed E-state index contributed by atoms with van der Waals surface area (Å²) < 4.78 is 21.8. The van der Waals surface area contributed by atoms with Crippen LogP contribution in [0.3, 0.4) is 0 Å². The minimum atomic E-state index is -1.63. The second kappa shape index (κ2) is 10.6. The molecule has 1 heterocycles. The Morgan fingerprint density at radius 3 is 2.12 bits per heavy atom. The molecule has 10 nitrogen and oxygen atoms in total. The molecule has 0 radical (unpaired) electrons. The van der Waals surface area contributed by atoms with Crippen molar-refractivity contribution in [3.63, 3.8) is 0 Å². The Morgan fingerprint density at radius 1 is 1.00 bits per heavy atom. The van der Waals surface area contributed by atoms with E-state index in [9.17, 15) is 30.3 Å². The third-order valence-corrected chi connectivity index (χ3v) is 5.19. The van der Waals surface area contributed by atoms with Crippen molar-refractivity contribution in [2.24, 2.45) is 0 Å². The van der Waals surface area contributed by atoms with Gasteiger partial charge in [-0.15, -0.1) is 0 Å². The predicted octanol–water partition coefficient (Wildman–Crippen LogP) is 0.508. The van der Waals surface area contributed by atoms with Crippen LogP contribution in [0.1, 0.15) is 11.1 Å². The van der Waals surface area contributed by atoms with E-state index in [4.69, 9.17) is 18.9 Å². The van der Waals surface area contributed by atoms with Gasteiger partial charge in [-0.2, -0.15) is 0 Å². The first-order valence-electron chi connectivity index (χ1n) is 10.0. The number of carbonyl (C=O) groups is 1. The Hall–Kier alpha value is -3.15. The predicted molar refractivity (Wildman–Crippen MR) is 116 cm³/mol. The lowest BCUT2D eigenvalue weighted by Gasteiger charge is -2.39. The molecule has 5 atom stereocenters. The monoisotopic (exact) mass is 462 g/mol. The first kappa shape index (κ1) is 24.5. The summed E-state index contributed by atoms with van der Waals surface area (Å²) in [4.78, 5) is 11.8. The van der Waals surface area contributed by atoms with Gasteiger partial charge < -0.3 is 44.5 Å². The topological polar surface area (TPSA) is 155 Å². The van der Waals surface area contributed by atoms with Crippen molar-refractivity contribution >= 4 is 17.6 Å². The van der Waals surface area contributed by atoms with Gasteiger partial charge in [0.05, 0.1) is 26.4 Å². The summed E-state index contributed by atoms with van der Waals surface area (Å²) in [5.74, 6) is -0.843. The van der Waals surface area contributed by atoms with Crippen molar-refractivity contribution in [3.8, 4) is 17.2 Å². The van der Waals surface area contributed by atoms with Crippen molar-refractivity contribution < 1.29 is 49.3 Å². The van der Waals surface area contributed by atoms with Crippen molar-refractivity contribution in [2.75, 3.05) is 20.8 Å². The van der Waals surface area contributed by atoms with E-state index in [1.165, 1.54) is 32.4 Å². The normalized spacial score (nSPS) is 25.4. The van der Waals surface area contributed by atoms with Crippen LogP contribution >= 0.6 is 0 Å². The van der Waals surface area contributed by atoms with Crippen molar-refractivity contribution in [1.29, 1.82) is 0 Å². The van der Waals surface area contributed by atoms with Gasteiger partial charge >= 0.3 is 5.97 Å². The Balaban J connectivity index is 1.99. The number of aliphatic hydroxyl groups is 4. The van der Waals surface area contributed by atoms with E-state index in [1.54, 1.807) is 30.3 Å². The van der Waals surface area contributed by atoms with Crippen LogP contribution in [0.2, 0.25) is 0 Å². The number of carboxylic acids is 1. The van der Waals surface area contributed by atoms with Crippen molar-refractivity contribution in [1.82, 2.24) is 0 Å². The number of rotatable bonds is 8. The van der Waals surface area contributed by atoms with Crippen LogP contribution in [-0.4, -0.2) is 83.0 Å². The fraction of sp³-hybridized carbons (Fsp3) is 0.348. The van der Waals surface area contributed by atoms with Gasteiger partial charge in [0.25, 0.3) is 0 Å². The van der Waals surface area contributed by atoms with Crippen LogP contribution in [0.15, 0.2) is 42.5 Å². The summed E-state index contributed by atoms with van der Waals surface area (Å²) >= 11 is 0. The second-order valence-electron chi connectivity index (χ2n) is 7.30. The zero-order chi connectivity index (χ0) is 24.1. The van der Waals surface area contributed by atoms with E-state index in [2.05, 4.69) is 0 Å². The SMILES string of the molecule is COc1cc(C=C(C(=O)O)c2ccccc2)cc(OC)c1O[C@@H]1O[C@H](CO)[C@@H](O)[C@H](O)[C@H]1O. The molecule has 2 aromatic carbocycles. The first-order chi connectivity index (χ1) is 15.8. The molecule has 0 unspecified atom stereocenters. The molecule has 1 aliphatic heterocycles. The molecule has 1 saturated heterocycles. The van der Waals surface area contributed by atoms with Crippen molar-refractivity contribution in [2.45, 2.75) is 30.7 Å². The second-order valence-corrected chi connectivity index (χ2v) is 7.30. The molecular weight excluding hydrogens is 436 g/mol. The highest BCUT2D eigenvalue weighted by molar-refractivity contribution is 6.20. The third kappa shape index (κ3) is 5.27. The standard InChI is InChI=1S/C23H26O10/c1-30-15-9-12(8-14(22(28)29)13-6-4-3-5-7-13)10-16(31-2)21(15)33-23-20(27)19(26)18(25)17(11-24)32-23/h3-10,17-20,23-27H,11H2,1-2H3,(H,28,29)/t17-,18-,19+,20-,23+/m1/s1. The van der Waals surface area contributed by atoms with Crippen LogP contribution < -0.4 is 14.2 Å². The maximum absolute atomic E-state index is 11.8. The summed E-state index contributed by atoms with van der Waals surface area (Å²) in [7, 11) is 2.72. The number of aliphatic hydroxyl groups excluding tert-OH is 4. The quantitative estimate of drug-likeness (QED) is 0.277. The van der Waals surface area contributed by atoms with Gasteiger partial charge in [0.1, 0.15) is 24.4 Å². The zero-order valence-electron chi connectivity index (χ0n) is 18.0. The van der Waals surface area contributed by atoms with Gasteiger partial charge in [-0.25, -0.2) is 4.79 Å². The van der Waals surface area contributed by atoms with E-state index >= 15 is 0 Å². The van der Waals surface area contributed by atoms with E-state index < -0.39 is 43.3 Å². The van der Waals surface area contributed by atoms with Gasteiger partial charge in [-0.1, -0.05) is 30.3 Å². The van der Waals surface area contributed by atoms with E-state index in [1.807, 2.05) is 0 Å². The molecule has 3 rings (SSSR count). The molecule has 0 amide bonds. The molecule has 33 heavy (non-hydrogen) atoms. The van der Waals surface area contributed by atoms with Gasteiger partial charge in [-0.05, 0) is 29.3 Å². The number of hydrogen-bond acceptors (Lipinski definition) is 9. The fourth-order valence-electron chi connectivity index (χ4n) is 3.43. The zero-order valence-corrected chi connectivity index (χ0v) is 18.0. The highest BCUT2D eigenvalue weighted by Crippen LogP contribution is 2.41. The number of methoxy groups -OCH3 is 2. The summed E-state index contributed by atoms with van der Waals surface area (Å²) in [6.07, 6.45) is -5.95. The lowest BCUT2D eigenvalue weighted by atomic mass is 9.99. The number of benzene rings is 2. The van der Waals surface area contributed by atoms with E-state index in [0.29, 0.717) is 11.1 Å². The molecule has 2 aromatic rings. The van der Waals surface area contributed by atoms with Crippen LogP contribution in [0, 0.1) is 0 Å². The van der Waals surface area contributed by atoms with Gasteiger partial charge in [-0.3, -0.25) is 0 Å². The Kier molecular flexibility index (Phi) is 7.90. The minimum Gasteiger partial charge on any atom is -0.493 e. The number of ether oxygens (including phenoxy) is 4. The molecule has 0 bridgehead atoms. The van der Waals surface area contributed by atoms with Gasteiger partial charge in [0.15, 0.2) is 11.5 Å². The average Bonchev–Trinajstić information content (AvgIpc) is 2.83. The maximum atomic E-state index is 11.8. The van der Waals surface area contributed by atoms with Gasteiger partial charge in [0, 0.05) is 0 Å². The highest BCUT2D eigenvalue weighted by atomic mass is 16.7. The largest absolute Gasteiger partial charge is 0.493 e. The molecule has 5 N–H and O–H groups in total. The van der Waals surface area contributed by atoms with Gasteiger partial charge in [0.2, 0.25) is 12.0 Å². The summed E-state index contributed by atoms with van der Waals surface area (Å²) in [5, 5.41) is 49.3. The molecule has 1 fully saturated rings. The molecule has 1 aliphatic rings. The summed E-state index contributed by atoms with van der Waals surface area (Å²) in [6.45, 7) is -0.611. The third-order valence-electron chi connectivity index (χ3n) is 5.19. The van der Waals surface area contributed by atoms with Crippen LogP contribution in [0.4, 0.5) is 0 Å². The van der Waals surface area contributed by atoms with E-state index in [0.717, 1.165) is 0 Å². The average molecular weight is 462 g/mol. The Bertz CT molecular complexity index is 963.